The van der Waals surface area contributed by atoms with Gasteiger partial charge in [0.25, 0.3) is 0 Å². The van der Waals surface area contributed by atoms with Crippen molar-refractivity contribution in [2.45, 2.75) is 32.0 Å². The number of hydrogen-bond acceptors (Lipinski definition) is 4. The largest absolute Gasteiger partial charge is 0.461 e. The number of esters is 1. The minimum atomic E-state index is -0.931. The van der Waals surface area contributed by atoms with Crippen molar-refractivity contribution >= 4 is 11.9 Å². The van der Waals surface area contributed by atoms with Gasteiger partial charge in [-0.15, -0.1) is 0 Å². The molecule has 24 heavy (non-hydrogen) atoms. The molecule has 0 aliphatic carbocycles. The number of hydrogen-bond donors (Lipinski definition) is 2. The van der Waals surface area contributed by atoms with Crippen LogP contribution in [0.2, 0.25) is 0 Å². The highest BCUT2D eigenvalue weighted by molar-refractivity contribution is 5.86. The molecule has 5 heteroatoms. The van der Waals surface area contributed by atoms with Crippen molar-refractivity contribution in [3.8, 4) is 0 Å². The van der Waals surface area contributed by atoms with E-state index in [9.17, 15) is 9.59 Å². The Hall–Kier alpha value is -2.66. The van der Waals surface area contributed by atoms with Crippen molar-refractivity contribution in [1.82, 2.24) is 5.32 Å². The second kappa shape index (κ2) is 8.84. The summed E-state index contributed by atoms with van der Waals surface area (Å²) in [6, 6.07) is 17.8. The quantitative estimate of drug-likeness (QED) is 0.765. The van der Waals surface area contributed by atoms with Gasteiger partial charge in [-0.3, -0.25) is 9.59 Å². The molecule has 0 unspecified atom stereocenters. The molecule has 0 spiro atoms. The Morgan fingerprint density at radius 3 is 2.25 bits per heavy atom. The molecule has 0 fully saturated rings. The Morgan fingerprint density at radius 2 is 1.62 bits per heavy atom. The van der Waals surface area contributed by atoms with E-state index < -0.39 is 12.0 Å². The average molecular weight is 326 g/mol. The van der Waals surface area contributed by atoms with Gasteiger partial charge in [-0.1, -0.05) is 60.7 Å². The van der Waals surface area contributed by atoms with Crippen molar-refractivity contribution in [3.05, 3.63) is 71.8 Å². The lowest BCUT2D eigenvalue weighted by atomic mass is 10.1. The fraction of sp³-hybridized carbons (Fsp3) is 0.263. The maximum atomic E-state index is 12.1. The third-order valence-corrected chi connectivity index (χ3v) is 3.62. The van der Waals surface area contributed by atoms with Crippen molar-refractivity contribution in [1.29, 1.82) is 0 Å². The Labute approximate surface area is 141 Å². The first-order valence-electron chi connectivity index (χ1n) is 7.86. The summed E-state index contributed by atoms with van der Waals surface area (Å²) in [4.78, 5) is 23.9. The summed E-state index contributed by atoms with van der Waals surface area (Å²) in [5, 5.41) is 2.80. The fourth-order valence-electron chi connectivity index (χ4n) is 2.21. The summed E-state index contributed by atoms with van der Waals surface area (Å²) in [5.74, 6) is -0.864. The third kappa shape index (κ3) is 5.52. The zero-order chi connectivity index (χ0) is 17.4. The SMILES string of the molecule is C[C@H](NC(=O)[C@@H](N)CC(=O)OCc1ccccc1)c1ccccc1. The summed E-state index contributed by atoms with van der Waals surface area (Å²) >= 11 is 0. The summed E-state index contributed by atoms with van der Waals surface area (Å²) in [6.45, 7) is 2.04. The number of rotatable bonds is 7. The monoisotopic (exact) mass is 326 g/mol. The normalized spacial score (nSPS) is 12.9. The van der Waals surface area contributed by atoms with Crippen LogP contribution in [0.3, 0.4) is 0 Å². The van der Waals surface area contributed by atoms with Crippen LogP contribution in [0, 0.1) is 0 Å². The Morgan fingerprint density at radius 1 is 1.04 bits per heavy atom. The molecule has 2 rings (SSSR count). The zero-order valence-electron chi connectivity index (χ0n) is 13.6. The van der Waals surface area contributed by atoms with Crippen molar-refractivity contribution in [3.63, 3.8) is 0 Å². The number of amides is 1. The molecule has 126 valence electrons. The highest BCUT2D eigenvalue weighted by Crippen LogP contribution is 2.11. The van der Waals surface area contributed by atoms with Gasteiger partial charge in [0.1, 0.15) is 6.61 Å². The topological polar surface area (TPSA) is 81.4 Å². The molecule has 0 radical (unpaired) electrons. The second-order valence-corrected chi connectivity index (χ2v) is 5.60. The molecule has 3 N–H and O–H groups in total. The lowest BCUT2D eigenvalue weighted by Gasteiger charge is -2.17. The summed E-state index contributed by atoms with van der Waals surface area (Å²) in [7, 11) is 0. The molecule has 0 aliphatic heterocycles. The van der Waals surface area contributed by atoms with Gasteiger partial charge in [0.2, 0.25) is 5.91 Å². The highest BCUT2D eigenvalue weighted by atomic mass is 16.5. The van der Waals surface area contributed by atoms with Gasteiger partial charge >= 0.3 is 5.97 Å². The van der Waals surface area contributed by atoms with Crippen LogP contribution in [-0.2, 0) is 20.9 Å². The van der Waals surface area contributed by atoms with E-state index in [1.807, 2.05) is 67.6 Å². The first-order chi connectivity index (χ1) is 11.6. The Kier molecular flexibility index (Phi) is 6.51. The molecule has 0 saturated carbocycles. The number of ether oxygens (including phenoxy) is 1. The summed E-state index contributed by atoms with van der Waals surface area (Å²) in [5.41, 5.74) is 7.67. The minimum Gasteiger partial charge on any atom is -0.461 e. The van der Waals surface area contributed by atoms with Crippen LogP contribution in [0.15, 0.2) is 60.7 Å². The van der Waals surface area contributed by atoms with Gasteiger partial charge in [-0.05, 0) is 18.1 Å². The highest BCUT2D eigenvalue weighted by Gasteiger charge is 2.20. The molecular weight excluding hydrogens is 304 g/mol. The van der Waals surface area contributed by atoms with E-state index in [1.165, 1.54) is 0 Å². The third-order valence-electron chi connectivity index (χ3n) is 3.62. The van der Waals surface area contributed by atoms with Crippen LogP contribution in [0.4, 0.5) is 0 Å². The van der Waals surface area contributed by atoms with Crippen molar-refractivity contribution < 1.29 is 14.3 Å². The second-order valence-electron chi connectivity index (χ2n) is 5.60. The van der Waals surface area contributed by atoms with E-state index in [2.05, 4.69) is 5.32 Å². The van der Waals surface area contributed by atoms with Crippen molar-refractivity contribution in [2.75, 3.05) is 0 Å². The van der Waals surface area contributed by atoms with Crippen LogP contribution in [0.25, 0.3) is 0 Å². The first-order valence-corrected chi connectivity index (χ1v) is 7.86. The maximum absolute atomic E-state index is 12.1. The minimum absolute atomic E-state index is 0.153. The van der Waals surface area contributed by atoms with Crippen molar-refractivity contribution in [2.24, 2.45) is 5.73 Å². The molecule has 0 bridgehead atoms. The van der Waals surface area contributed by atoms with E-state index in [1.54, 1.807) is 0 Å². The average Bonchev–Trinajstić information content (AvgIpc) is 2.61. The van der Waals surface area contributed by atoms with Crippen LogP contribution in [-0.4, -0.2) is 17.9 Å². The molecule has 0 saturated heterocycles. The van der Waals surface area contributed by atoms with Crippen LogP contribution >= 0.6 is 0 Å². The molecule has 2 atom stereocenters. The van der Waals surface area contributed by atoms with Gasteiger partial charge in [-0.25, -0.2) is 0 Å². The molecule has 1 amide bonds. The zero-order valence-corrected chi connectivity index (χ0v) is 13.6. The maximum Gasteiger partial charge on any atom is 0.308 e. The number of benzene rings is 2. The summed E-state index contributed by atoms with van der Waals surface area (Å²) < 4.78 is 5.14. The Bertz CT molecular complexity index is 659. The van der Waals surface area contributed by atoms with Gasteiger partial charge in [0.15, 0.2) is 0 Å². The van der Waals surface area contributed by atoms with E-state index in [-0.39, 0.29) is 25.0 Å². The van der Waals surface area contributed by atoms with E-state index in [4.69, 9.17) is 10.5 Å². The summed E-state index contributed by atoms with van der Waals surface area (Å²) in [6.07, 6.45) is -0.153. The van der Waals surface area contributed by atoms with E-state index in [0.29, 0.717) is 0 Å². The van der Waals surface area contributed by atoms with Gasteiger partial charge in [-0.2, -0.15) is 0 Å². The number of carbonyl (C=O) groups excluding carboxylic acids is 2. The van der Waals surface area contributed by atoms with Gasteiger partial charge in [0.05, 0.1) is 18.5 Å². The van der Waals surface area contributed by atoms with E-state index >= 15 is 0 Å². The van der Waals surface area contributed by atoms with Crippen LogP contribution in [0.1, 0.15) is 30.5 Å². The predicted octanol–water partition coefficient (Wildman–Crippen LogP) is 2.32. The van der Waals surface area contributed by atoms with Crippen LogP contribution < -0.4 is 11.1 Å². The van der Waals surface area contributed by atoms with Gasteiger partial charge < -0.3 is 15.8 Å². The van der Waals surface area contributed by atoms with Gasteiger partial charge in [0, 0.05) is 0 Å². The lowest BCUT2D eigenvalue weighted by molar-refractivity contribution is -0.146. The standard InChI is InChI=1S/C19H22N2O3/c1-14(16-10-6-3-7-11-16)21-19(23)17(20)12-18(22)24-13-15-8-4-2-5-9-15/h2-11,14,17H,12-13,20H2,1H3,(H,21,23)/t14-,17-/m0/s1. The molecule has 0 aliphatic rings. The molecule has 0 aromatic heterocycles. The smallest absolute Gasteiger partial charge is 0.308 e. The van der Waals surface area contributed by atoms with Crippen LogP contribution in [0.5, 0.6) is 0 Å². The number of nitrogens with two attached hydrogens (primary N) is 1. The Balaban J connectivity index is 1.77. The molecule has 2 aromatic carbocycles. The molecule has 0 heterocycles. The predicted molar refractivity (Wildman–Crippen MR) is 91.8 cm³/mol. The molecule has 2 aromatic rings. The fourth-order valence-corrected chi connectivity index (χ4v) is 2.21. The number of carbonyl (C=O) groups is 2. The molecule has 5 nitrogen and oxygen atoms in total. The van der Waals surface area contributed by atoms with E-state index in [0.717, 1.165) is 11.1 Å². The number of nitrogens with one attached hydrogen (secondary N) is 1. The lowest BCUT2D eigenvalue weighted by Crippen LogP contribution is -2.43. The molecular formula is C19H22N2O3. The first kappa shape index (κ1) is 17.7.